The van der Waals surface area contributed by atoms with Crippen molar-refractivity contribution < 1.29 is 19.0 Å². The van der Waals surface area contributed by atoms with Crippen molar-refractivity contribution in [3.8, 4) is 17.2 Å². The summed E-state index contributed by atoms with van der Waals surface area (Å²) in [6.07, 6.45) is 1.73. The number of pyridine rings is 1. The molecule has 0 fully saturated rings. The van der Waals surface area contributed by atoms with Crippen LogP contribution in [0.2, 0.25) is 0 Å². The van der Waals surface area contributed by atoms with Gasteiger partial charge in [0.15, 0.2) is 6.61 Å². The van der Waals surface area contributed by atoms with Crippen LogP contribution in [-0.2, 0) is 4.79 Å². The Morgan fingerprint density at radius 2 is 1.85 bits per heavy atom. The van der Waals surface area contributed by atoms with E-state index >= 15 is 0 Å². The molecular weight excluding hydrogens is 332 g/mol. The van der Waals surface area contributed by atoms with Gasteiger partial charge in [-0.1, -0.05) is 24.3 Å². The van der Waals surface area contributed by atoms with E-state index in [2.05, 4.69) is 10.3 Å². The fourth-order valence-corrected chi connectivity index (χ4v) is 2.44. The molecular formula is C20H20N2O4. The first-order valence-corrected chi connectivity index (χ1v) is 8.26. The van der Waals surface area contributed by atoms with Crippen molar-refractivity contribution in [2.24, 2.45) is 0 Å². The number of methoxy groups -OCH3 is 1. The number of para-hydroxylation sites is 1. The molecule has 1 amide bonds. The second kappa shape index (κ2) is 8.71. The molecule has 6 heteroatoms. The van der Waals surface area contributed by atoms with Crippen LogP contribution in [0.25, 0.3) is 10.9 Å². The van der Waals surface area contributed by atoms with Crippen molar-refractivity contribution in [3.63, 3.8) is 0 Å². The number of rotatable bonds is 8. The second-order valence-electron chi connectivity index (χ2n) is 5.50. The number of carbonyl (C=O) groups excluding carboxylic acids is 1. The van der Waals surface area contributed by atoms with E-state index in [-0.39, 0.29) is 12.5 Å². The zero-order valence-corrected chi connectivity index (χ0v) is 14.5. The number of ether oxygens (including phenoxy) is 3. The Hall–Kier alpha value is -3.28. The predicted octanol–water partition coefficient (Wildman–Crippen LogP) is 2.82. The molecule has 0 saturated heterocycles. The van der Waals surface area contributed by atoms with Crippen LogP contribution < -0.4 is 19.5 Å². The minimum Gasteiger partial charge on any atom is -0.497 e. The summed E-state index contributed by atoms with van der Waals surface area (Å²) in [5.74, 6) is 1.75. The smallest absolute Gasteiger partial charge is 0.258 e. The van der Waals surface area contributed by atoms with E-state index in [4.69, 9.17) is 14.2 Å². The standard InChI is InChI=1S/C20H20N2O4/c1-24-16-7-3-8-17(13-16)26-14-19(23)21-11-12-25-18-9-2-5-15-6-4-10-22-20(15)18/h2-10,13H,11-12,14H2,1H3,(H,21,23). The average Bonchev–Trinajstić information content (AvgIpc) is 2.70. The molecule has 3 aromatic rings. The van der Waals surface area contributed by atoms with Crippen LogP contribution in [-0.4, -0.2) is 37.8 Å². The van der Waals surface area contributed by atoms with Crippen molar-refractivity contribution in [2.45, 2.75) is 0 Å². The third-order valence-electron chi connectivity index (χ3n) is 3.69. The highest BCUT2D eigenvalue weighted by Crippen LogP contribution is 2.22. The van der Waals surface area contributed by atoms with E-state index in [1.54, 1.807) is 31.5 Å². The largest absolute Gasteiger partial charge is 0.497 e. The van der Waals surface area contributed by atoms with Gasteiger partial charge in [0.2, 0.25) is 0 Å². The highest BCUT2D eigenvalue weighted by Gasteiger charge is 2.05. The van der Waals surface area contributed by atoms with Gasteiger partial charge in [0.25, 0.3) is 5.91 Å². The summed E-state index contributed by atoms with van der Waals surface area (Å²) in [4.78, 5) is 16.2. The third kappa shape index (κ3) is 4.63. The topological polar surface area (TPSA) is 69.7 Å². The van der Waals surface area contributed by atoms with Crippen LogP contribution in [0.5, 0.6) is 17.2 Å². The summed E-state index contributed by atoms with van der Waals surface area (Å²) < 4.78 is 16.3. The normalized spacial score (nSPS) is 10.3. The summed E-state index contributed by atoms with van der Waals surface area (Å²) >= 11 is 0. The van der Waals surface area contributed by atoms with E-state index in [9.17, 15) is 4.79 Å². The molecule has 0 aliphatic heterocycles. The number of aromatic nitrogens is 1. The number of benzene rings is 2. The SMILES string of the molecule is COc1cccc(OCC(=O)NCCOc2cccc3cccnc23)c1. The molecule has 0 radical (unpaired) electrons. The van der Waals surface area contributed by atoms with Gasteiger partial charge in [-0.3, -0.25) is 9.78 Å². The van der Waals surface area contributed by atoms with Gasteiger partial charge in [-0.05, 0) is 24.3 Å². The Balaban J connectivity index is 1.42. The molecule has 2 aromatic carbocycles. The number of fused-ring (bicyclic) bond motifs is 1. The molecule has 0 unspecified atom stereocenters. The molecule has 0 saturated carbocycles. The van der Waals surface area contributed by atoms with Crippen LogP contribution in [0.15, 0.2) is 60.8 Å². The number of hydrogen-bond acceptors (Lipinski definition) is 5. The molecule has 1 aromatic heterocycles. The third-order valence-corrected chi connectivity index (χ3v) is 3.69. The van der Waals surface area contributed by atoms with E-state index < -0.39 is 0 Å². The lowest BCUT2D eigenvalue weighted by Crippen LogP contribution is -2.32. The number of hydrogen-bond donors (Lipinski definition) is 1. The highest BCUT2D eigenvalue weighted by atomic mass is 16.5. The summed E-state index contributed by atoms with van der Waals surface area (Å²) in [5.41, 5.74) is 0.808. The van der Waals surface area contributed by atoms with Crippen molar-refractivity contribution in [3.05, 3.63) is 60.8 Å². The molecule has 6 nitrogen and oxygen atoms in total. The summed E-state index contributed by atoms with van der Waals surface area (Å²) in [7, 11) is 1.58. The molecule has 3 rings (SSSR count). The van der Waals surface area contributed by atoms with Crippen molar-refractivity contribution in [1.29, 1.82) is 0 Å². The molecule has 134 valence electrons. The van der Waals surface area contributed by atoms with E-state index in [0.717, 1.165) is 10.9 Å². The van der Waals surface area contributed by atoms with Crippen LogP contribution in [0, 0.1) is 0 Å². The van der Waals surface area contributed by atoms with Gasteiger partial charge in [-0.2, -0.15) is 0 Å². The van der Waals surface area contributed by atoms with Gasteiger partial charge in [0.1, 0.15) is 29.4 Å². The minimum atomic E-state index is -0.215. The molecule has 0 aliphatic carbocycles. The fourth-order valence-electron chi connectivity index (χ4n) is 2.44. The Kier molecular flexibility index (Phi) is 5.88. The van der Waals surface area contributed by atoms with Gasteiger partial charge in [-0.15, -0.1) is 0 Å². The molecule has 0 spiro atoms. The summed E-state index contributed by atoms with van der Waals surface area (Å²) in [6.45, 7) is 0.660. The predicted molar refractivity (Wildman–Crippen MR) is 98.7 cm³/mol. The van der Waals surface area contributed by atoms with Gasteiger partial charge in [0.05, 0.1) is 13.7 Å². The van der Waals surface area contributed by atoms with Crippen LogP contribution in [0.3, 0.4) is 0 Å². The first kappa shape index (κ1) is 17.5. The summed E-state index contributed by atoms with van der Waals surface area (Å²) in [6, 6.07) is 16.7. The second-order valence-corrected chi connectivity index (χ2v) is 5.50. The Morgan fingerprint density at radius 1 is 1.04 bits per heavy atom. The first-order chi connectivity index (χ1) is 12.8. The highest BCUT2D eigenvalue weighted by molar-refractivity contribution is 5.84. The van der Waals surface area contributed by atoms with Crippen molar-refractivity contribution in [1.82, 2.24) is 10.3 Å². The lowest BCUT2D eigenvalue weighted by molar-refractivity contribution is -0.123. The van der Waals surface area contributed by atoms with E-state index in [1.807, 2.05) is 36.4 Å². The maximum absolute atomic E-state index is 11.9. The van der Waals surface area contributed by atoms with Gasteiger partial charge in [-0.25, -0.2) is 0 Å². The lowest BCUT2D eigenvalue weighted by Gasteiger charge is -2.10. The van der Waals surface area contributed by atoms with Crippen molar-refractivity contribution >= 4 is 16.8 Å². The summed E-state index contributed by atoms with van der Waals surface area (Å²) in [5, 5.41) is 3.77. The molecule has 0 aliphatic rings. The van der Waals surface area contributed by atoms with Gasteiger partial charge >= 0.3 is 0 Å². The Bertz CT molecular complexity index is 877. The molecule has 1 N–H and O–H groups in total. The number of amides is 1. The van der Waals surface area contributed by atoms with Crippen LogP contribution in [0.4, 0.5) is 0 Å². The van der Waals surface area contributed by atoms with E-state index in [1.165, 1.54) is 0 Å². The Labute approximate surface area is 151 Å². The zero-order chi connectivity index (χ0) is 18.2. The molecule has 0 bridgehead atoms. The van der Waals surface area contributed by atoms with Gasteiger partial charge in [0, 0.05) is 17.6 Å². The van der Waals surface area contributed by atoms with E-state index in [0.29, 0.717) is 30.4 Å². The number of carbonyl (C=O) groups is 1. The average molecular weight is 352 g/mol. The molecule has 26 heavy (non-hydrogen) atoms. The fraction of sp³-hybridized carbons (Fsp3) is 0.200. The molecule has 1 heterocycles. The van der Waals surface area contributed by atoms with Crippen molar-refractivity contribution in [2.75, 3.05) is 26.9 Å². The number of nitrogens with one attached hydrogen (secondary N) is 1. The maximum Gasteiger partial charge on any atom is 0.258 e. The number of nitrogens with zero attached hydrogens (tertiary/aromatic N) is 1. The zero-order valence-electron chi connectivity index (χ0n) is 14.5. The quantitative estimate of drug-likeness (QED) is 0.631. The maximum atomic E-state index is 11.9. The Morgan fingerprint density at radius 3 is 2.73 bits per heavy atom. The molecule has 0 atom stereocenters. The van der Waals surface area contributed by atoms with Crippen LogP contribution >= 0.6 is 0 Å². The van der Waals surface area contributed by atoms with Crippen LogP contribution in [0.1, 0.15) is 0 Å². The monoisotopic (exact) mass is 352 g/mol. The minimum absolute atomic E-state index is 0.0665. The first-order valence-electron chi connectivity index (χ1n) is 8.26. The van der Waals surface area contributed by atoms with Gasteiger partial charge < -0.3 is 19.5 Å². The lowest BCUT2D eigenvalue weighted by atomic mass is 10.2.